The molecule has 0 radical (unpaired) electrons. The Morgan fingerprint density at radius 3 is 2.26 bits per heavy atom. The van der Waals surface area contributed by atoms with Gasteiger partial charge in [-0.2, -0.15) is 0 Å². The number of fused-ring (bicyclic) bond motifs is 1. The average Bonchev–Trinajstić information content (AvgIpc) is 3.12. The largest absolute Gasteiger partial charge is 0.496 e. The van der Waals surface area contributed by atoms with Crippen molar-refractivity contribution in [3.63, 3.8) is 0 Å². The molecule has 2 unspecified atom stereocenters. The van der Waals surface area contributed by atoms with Crippen LogP contribution in [0.1, 0.15) is 0 Å². The van der Waals surface area contributed by atoms with Gasteiger partial charge in [0.05, 0.1) is 7.11 Å². The van der Waals surface area contributed by atoms with Gasteiger partial charge in [0.15, 0.2) is 0 Å². The van der Waals surface area contributed by atoms with Gasteiger partial charge >= 0.3 is 0 Å². The summed E-state index contributed by atoms with van der Waals surface area (Å²) in [6.07, 6.45) is 0. The molecule has 2 aromatic carbocycles. The van der Waals surface area contributed by atoms with Crippen molar-refractivity contribution >= 4 is 5.69 Å². The molecule has 2 saturated heterocycles. The highest BCUT2D eigenvalue weighted by molar-refractivity contribution is 5.73. The number of rotatable bonds is 3. The van der Waals surface area contributed by atoms with E-state index in [9.17, 15) is 0 Å². The van der Waals surface area contributed by atoms with Crippen molar-refractivity contribution in [3.05, 3.63) is 48.5 Å². The molecule has 2 fully saturated rings. The minimum atomic E-state index is 0.819. The van der Waals surface area contributed by atoms with E-state index in [0.717, 1.165) is 23.1 Å². The molecular formula is C20H24N2O. The topological polar surface area (TPSA) is 15.7 Å². The fraction of sp³-hybridized carbons (Fsp3) is 0.400. The van der Waals surface area contributed by atoms with Gasteiger partial charge in [-0.3, -0.25) is 0 Å². The average molecular weight is 308 g/mol. The SMILES string of the molecule is COc1cc(N2CC3CN(C)CC3C2)ccc1-c1ccccc1. The van der Waals surface area contributed by atoms with Crippen molar-refractivity contribution < 1.29 is 4.74 Å². The Morgan fingerprint density at radius 2 is 1.61 bits per heavy atom. The summed E-state index contributed by atoms with van der Waals surface area (Å²) >= 11 is 0. The molecule has 3 heteroatoms. The summed E-state index contributed by atoms with van der Waals surface area (Å²) in [7, 11) is 4.00. The number of nitrogens with zero attached hydrogens (tertiary/aromatic N) is 2. The maximum atomic E-state index is 5.68. The molecule has 0 N–H and O–H groups in total. The minimum Gasteiger partial charge on any atom is -0.496 e. The van der Waals surface area contributed by atoms with E-state index in [1.54, 1.807) is 7.11 Å². The first-order chi connectivity index (χ1) is 11.2. The third-order valence-corrected chi connectivity index (χ3v) is 5.30. The second-order valence-electron chi connectivity index (χ2n) is 6.90. The van der Waals surface area contributed by atoms with E-state index in [2.05, 4.69) is 59.3 Å². The first-order valence-corrected chi connectivity index (χ1v) is 8.41. The van der Waals surface area contributed by atoms with Crippen LogP contribution in [0.4, 0.5) is 5.69 Å². The molecule has 120 valence electrons. The van der Waals surface area contributed by atoms with Crippen molar-refractivity contribution in [2.24, 2.45) is 11.8 Å². The molecule has 0 spiro atoms. The predicted molar refractivity (Wildman–Crippen MR) is 95.1 cm³/mol. The lowest BCUT2D eigenvalue weighted by atomic mass is 10.0. The molecule has 2 heterocycles. The summed E-state index contributed by atoms with van der Waals surface area (Å²) in [6, 6.07) is 17.1. The van der Waals surface area contributed by atoms with Crippen LogP contribution >= 0.6 is 0 Å². The zero-order valence-corrected chi connectivity index (χ0v) is 13.9. The van der Waals surface area contributed by atoms with E-state index in [-0.39, 0.29) is 0 Å². The highest BCUT2D eigenvalue weighted by Gasteiger charge is 2.38. The predicted octanol–water partition coefficient (Wildman–Crippen LogP) is 3.36. The molecule has 0 saturated carbocycles. The van der Waals surface area contributed by atoms with E-state index < -0.39 is 0 Å². The van der Waals surface area contributed by atoms with Crippen molar-refractivity contribution in [2.45, 2.75) is 0 Å². The lowest BCUT2D eigenvalue weighted by Gasteiger charge is -2.22. The Labute approximate surface area is 138 Å². The zero-order chi connectivity index (χ0) is 15.8. The number of benzene rings is 2. The number of hydrogen-bond donors (Lipinski definition) is 0. The summed E-state index contributed by atoms with van der Waals surface area (Å²) in [4.78, 5) is 4.99. The van der Waals surface area contributed by atoms with Gasteiger partial charge in [-0.15, -0.1) is 0 Å². The first kappa shape index (κ1) is 14.6. The fourth-order valence-corrected chi connectivity index (χ4v) is 4.17. The van der Waals surface area contributed by atoms with Gasteiger partial charge in [0.1, 0.15) is 5.75 Å². The molecule has 0 aromatic heterocycles. The van der Waals surface area contributed by atoms with Crippen LogP contribution in [0.15, 0.2) is 48.5 Å². The Bertz CT molecular complexity index is 671. The molecule has 2 atom stereocenters. The number of methoxy groups -OCH3 is 1. The second-order valence-corrected chi connectivity index (χ2v) is 6.90. The van der Waals surface area contributed by atoms with Crippen molar-refractivity contribution in [1.82, 2.24) is 4.90 Å². The van der Waals surface area contributed by atoms with Crippen LogP contribution in [0.2, 0.25) is 0 Å². The molecule has 0 bridgehead atoms. The maximum absolute atomic E-state index is 5.68. The van der Waals surface area contributed by atoms with Gasteiger partial charge in [0.25, 0.3) is 0 Å². The van der Waals surface area contributed by atoms with Crippen LogP contribution < -0.4 is 9.64 Å². The van der Waals surface area contributed by atoms with Crippen molar-refractivity contribution in [2.75, 3.05) is 45.2 Å². The monoisotopic (exact) mass is 308 g/mol. The molecule has 2 aromatic rings. The van der Waals surface area contributed by atoms with Crippen molar-refractivity contribution in [1.29, 1.82) is 0 Å². The van der Waals surface area contributed by atoms with E-state index >= 15 is 0 Å². The van der Waals surface area contributed by atoms with Gasteiger partial charge in [-0.1, -0.05) is 30.3 Å². The molecule has 3 nitrogen and oxygen atoms in total. The summed E-state index contributed by atoms with van der Waals surface area (Å²) in [6.45, 7) is 4.81. The van der Waals surface area contributed by atoms with Crippen LogP contribution in [0.3, 0.4) is 0 Å². The zero-order valence-electron chi connectivity index (χ0n) is 13.9. The number of ether oxygens (including phenoxy) is 1. The van der Waals surface area contributed by atoms with Gasteiger partial charge < -0.3 is 14.5 Å². The van der Waals surface area contributed by atoms with Gasteiger partial charge in [0, 0.05) is 43.5 Å². The smallest absolute Gasteiger partial charge is 0.128 e. The third kappa shape index (κ3) is 2.70. The third-order valence-electron chi connectivity index (χ3n) is 5.30. The molecule has 0 aliphatic carbocycles. The number of hydrogen-bond acceptors (Lipinski definition) is 3. The Balaban J connectivity index is 1.60. The molecule has 4 rings (SSSR count). The van der Waals surface area contributed by atoms with E-state index in [1.165, 1.54) is 37.4 Å². The summed E-state index contributed by atoms with van der Waals surface area (Å²) in [5.41, 5.74) is 3.66. The van der Waals surface area contributed by atoms with E-state index in [4.69, 9.17) is 4.74 Å². The van der Waals surface area contributed by atoms with E-state index in [0.29, 0.717) is 0 Å². The standard InChI is InChI=1S/C20H24N2O/c1-21-11-16-13-22(14-17(16)12-21)18-8-9-19(20(10-18)23-2)15-6-4-3-5-7-15/h3-10,16-17H,11-14H2,1-2H3. The highest BCUT2D eigenvalue weighted by atomic mass is 16.5. The van der Waals surface area contributed by atoms with Gasteiger partial charge in [-0.05, 0) is 36.6 Å². The Hall–Kier alpha value is -2.00. The van der Waals surface area contributed by atoms with Crippen LogP contribution in [-0.2, 0) is 0 Å². The lowest BCUT2D eigenvalue weighted by Crippen LogP contribution is -2.26. The summed E-state index contributed by atoms with van der Waals surface area (Å²) in [5, 5.41) is 0. The fourth-order valence-electron chi connectivity index (χ4n) is 4.17. The van der Waals surface area contributed by atoms with Crippen LogP contribution in [0, 0.1) is 11.8 Å². The first-order valence-electron chi connectivity index (χ1n) is 8.41. The maximum Gasteiger partial charge on any atom is 0.128 e. The normalized spacial score (nSPS) is 24.0. The highest BCUT2D eigenvalue weighted by Crippen LogP contribution is 2.37. The molecule has 2 aliphatic heterocycles. The molecule has 2 aliphatic rings. The summed E-state index contributed by atoms with van der Waals surface area (Å²) in [5.74, 6) is 2.60. The van der Waals surface area contributed by atoms with Crippen LogP contribution in [0.25, 0.3) is 11.1 Å². The molecular weight excluding hydrogens is 284 g/mol. The quantitative estimate of drug-likeness (QED) is 0.865. The Kier molecular flexibility index (Phi) is 3.74. The lowest BCUT2D eigenvalue weighted by molar-refractivity contribution is 0.387. The minimum absolute atomic E-state index is 0.819. The number of anilines is 1. The molecule has 0 amide bonds. The second kappa shape index (κ2) is 5.89. The molecule has 23 heavy (non-hydrogen) atoms. The van der Waals surface area contributed by atoms with E-state index in [1.807, 2.05) is 6.07 Å². The van der Waals surface area contributed by atoms with Crippen LogP contribution in [-0.4, -0.2) is 45.2 Å². The van der Waals surface area contributed by atoms with Crippen molar-refractivity contribution in [3.8, 4) is 16.9 Å². The van der Waals surface area contributed by atoms with Gasteiger partial charge in [0.2, 0.25) is 0 Å². The van der Waals surface area contributed by atoms with Crippen LogP contribution in [0.5, 0.6) is 5.75 Å². The number of likely N-dealkylation sites (tertiary alicyclic amines) is 1. The van der Waals surface area contributed by atoms with Gasteiger partial charge in [-0.25, -0.2) is 0 Å². The summed E-state index contributed by atoms with van der Waals surface area (Å²) < 4.78 is 5.68. The Morgan fingerprint density at radius 1 is 0.913 bits per heavy atom.